The Bertz CT molecular complexity index is 567. The van der Waals surface area contributed by atoms with Crippen molar-refractivity contribution < 1.29 is 13.9 Å². The first-order valence-corrected chi connectivity index (χ1v) is 8.30. The zero-order valence-electron chi connectivity index (χ0n) is 13.4. The lowest BCUT2D eigenvalue weighted by Crippen LogP contribution is -2.38. The lowest BCUT2D eigenvalue weighted by Gasteiger charge is -2.22. The standard InChI is InChI=1S/C16H21Cl2FN2O2/c1-16(2,3)23-15(22)21-11-5-4-10(8-11)20-14-12(17)6-9(19)7-13(14)18/h6-7,10-11,20H,4-5,8H2,1-3H3,(H,21,22). The van der Waals surface area contributed by atoms with Gasteiger partial charge in [0.25, 0.3) is 0 Å². The van der Waals surface area contributed by atoms with Crippen LogP contribution in [0.4, 0.5) is 14.9 Å². The van der Waals surface area contributed by atoms with Crippen LogP contribution < -0.4 is 10.6 Å². The van der Waals surface area contributed by atoms with Crippen LogP contribution in [0.5, 0.6) is 0 Å². The van der Waals surface area contributed by atoms with Gasteiger partial charge >= 0.3 is 6.09 Å². The Hall–Kier alpha value is -1.20. The van der Waals surface area contributed by atoms with Crippen molar-refractivity contribution in [1.82, 2.24) is 5.32 Å². The van der Waals surface area contributed by atoms with E-state index in [1.54, 1.807) is 0 Å². The van der Waals surface area contributed by atoms with E-state index in [1.165, 1.54) is 12.1 Å². The van der Waals surface area contributed by atoms with Gasteiger partial charge in [0.1, 0.15) is 11.4 Å². The molecule has 4 nitrogen and oxygen atoms in total. The Morgan fingerprint density at radius 3 is 2.35 bits per heavy atom. The second kappa shape index (κ2) is 7.14. The number of carbonyl (C=O) groups excluding carboxylic acids is 1. The van der Waals surface area contributed by atoms with E-state index in [1.807, 2.05) is 20.8 Å². The number of anilines is 1. The number of hydrogen-bond acceptors (Lipinski definition) is 3. The van der Waals surface area contributed by atoms with Gasteiger partial charge in [-0.2, -0.15) is 0 Å². The SMILES string of the molecule is CC(C)(C)OC(=O)NC1CCC(Nc2c(Cl)cc(F)cc2Cl)C1. The summed E-state index contributed by atoms with van der Waals surface area (Å²) in [6, 6.07) is 2.58. The van der Waals surface area contributed by atoms with Crippen molar-refractivity contribution in [2.75, 3.05) is 5.32 Å². The van der Waals surface area contributed by atoms with Crippen LogP contribution in [0.25, 0.3) is 0 Å². The summed E-state index contributed by atoms with van der Waals surface area (Å²) >= 11 is 12.1. The number of carbonyl (C=O) groups is 1. The highest BCUT2D eigenvalue weighted by Crippen LogP contribution is 2.34. The summed E-state index contributed by atoms with van der Waals surface area (Å²) in [6.07, 6.45) is 1.99. The second-order valence-corrected chi connectivity index (χ2v) is 7.56. The number of amides is 1. The van der Waals surface area contributed by atoms with E-state index in [2.05, 4.69) is 10.6 Å². The number of alkyl carbamates (subject to hydrolysis) is 1. The second-order valence-electron chi connectivity index (χ2n) is 6.74. The van der Waals surface area contributed by atoms with Crippen molar-refractivity contribution in [3.63, 3.8) is 0 Å². The third-order valence-corrected chi connectivity index (χ3v) is 4.11. The molecule has 0 aromatic heterocycles. The highest BCUT2D eigenvalue weighted by molar-refractivity contribution is 6.39. The Labute approximate surface area is 145 Å². The molecule has 128 valence electrons. The Morgan fingerprint density at radius 2 is 1.78 bits per heavy atom. The molecule has 0 spiro atoms. The molecule has 1 aliphatic carbocycles. The molecule has 1 aliphatic rings. The smallest absolute Gasteiger partial charge is 0.407 e. The molecule has 0 saturated heterocycles. The molecule has 1 saturated carbocycles. The fraction of sp³-hybridized carbons (Fsp3) is 0.562. The van der Waals surface area contributed by atoms with Crippen molar-refractivity contribution >= 4 is 35.0 Å². The number of benzene rings is 1. The molecule has 2 N–H and O–H groups in total. The van der Waals surface area contributed by atoms with Gasteiger partial charge in [0.2, 0.25) is 0 Å². The summed E-state index contributed by atoms with van der Waals surface area (Å²) in [7, 11) is 0. The molecule has 0 heterocycles. The summed E-state index contributed by atoms with van der Waals surface area (Å²) in [5.41, 5.74) is 0.00725. The molecule has 2 atom stereocenters. The summed E-state index contributed by atoms with van der Waals surface area (Å²) in [5.74, 6) is -0.471. The van der Waals surface area contributed by atoms with E-state index in [0.29, 0.717) is 5.69 Å². The first kappa shape index (κ1) is 18.1. The van der Waals surface area contributed by atoms with Gasteiger partial charge in [-0.25, -0.2) is 9.18 Å². The molecule has 2 rings (SSSR count). The molecule has 2 unspecified atom stereocenters. The van der Waals surface area contributed by atoms with E-state index in [4.69, 9.17) is 27.9 Å². The lowest BCUT2D eigenvalue weighted by atomic mass is 10.2. The fourth-order valence-electron chi connectivity index (χ4n) is 2.60. The topological polar surface area (TPSA) is 50.4 Å². The van der Waals surface area contributed by atoms with Gasteiger partial charge in [-0.05, 0) is 52.2 Å². The van der Waals surface area contributed by atoms with Gasteiger partial charge in [-0.15, -0.1) is 0 Å². The maximum atomic E-state index is 13.2. The van der Waals surface area contributed by atoms with Crippen LogP contribution in [0.1, 0.15) is 40.0 Å². The van der Waals surface area contributed by atoms with Gasteiger partial charge in [-0.3, -0.25) is 0 Å². The minimum absolute atomic E-state index is 0.0281. The van der Waals surface area contributed by atoms with E-state index < -0.39 is 17.5 Å². The zero-order valence-corrected chi connectivity index (χ0v) is 14.9. The maximum absolute atomic E-state index is 13.2. The van der Waals surface area contributed by atoms with Crippen LogP contribution in [0.3, 0.4) is 0 Å². The quantitative estimate of drug-likeness (QED) is 0.796. The zero-order chi connectivity index (χ0) is 17.2. The molecule has 1 fully saturated rings. The van der Waals surface area contributed by atoms with Crippen LogP contribution >= 0.6 is 23.2 Å². The molecule has 0 bridgehead atoms. The fourth-order valence-corrected chi connectivity index (χ4v) is 3.17. The minimum atomic E-state index is -0.518. The van der Waals surface area contributed by atoms with Gasteiger partial charge in [0.15, 0.2) is 0 Å². The largest absolute Gasteiger partial charge is 0.444 e. The Balaban J connectivity index is 1.90. The van der Waals surface area contributed by atoms with E-state index >= 15 is 0 Å². The molecule has 1 aromatic carbocycles. The van der Waals surface area contributed by atoms with Gasteiger partial charge < -0.3 is 15.4 Å². The van der Waals surface area contributed by atoms with E-state index in [0.717, 1.165) is 19.3 Å². The van der Waals surface area contributed by atoms with Crippen LogP contribution in [0, 0.1) is 5.82 Å². The third kappa shape index (κ3) is 5.43. The summed E-state index contributed by atoms with van der Waals surface area (Å²) < 4.78 is 18.5. The van der Waals surface area contributed by atoms with Crippen LogP contribution in [-0.4, -0.2) is 23.8 Å². The summed E-state index contributed by atoms with van der Waals surface area (Å²) in [6.45, 7) is 5.47. The van der Waals surface area contributed by atoms with Crippen molar-refractivity contribution in [1.29, 1.82) is 0 Å². The maximum Gasteiger partial charge on any atom is 0.407 e. The highest BCUT2D eigenvalue weighted by atomic mass is 35.5. The molecule has 1 amide bonds. The number of halogens is 3. The van der Waals surface area contributed by atoms with Gasteiger partial charge in [0, 0.05) is 12.1 Å². The predicted octanol–water partition coefficient (Wildman–Crippen LogP) is 4.99. The number of hydrogen-bond donors (Lipinski definition) is 2. The first-order chi connectivity index (χ1) is 10.6. The van der Waals surface area contributed by atoms with Gasteiger partial charge in [0.05, 0.1) is 15.7 Å². The summed E-state index contributed by atoms with van der Waals surface area (Å²) in [4.78, 5) is 11.8. The number of nitrogens with one attached hydrogen (secondary N) is 2. The first-order valence-electron chi connectivity index (χ1n) is 7.54. The minimum Gasteiger partial charge on any atom is -0.444 e. The van der Waals surface area contributed by atoms with E-state index in [9.17, 15) is 9.18 Å². The van der Waals surface area contributed by atoms with Crippen molar-refractivity contribution in [3.8, 4) is 0 Å². The van der Waals surface area contributed by atoms with Crippen LogP contribution in [0.2, 0.25) is 10.0 Å². The molecule has 0 aliphatic heterocycles. The average molecular weight is 363 g/mol. The molecular formula is C16H21Cl2FN2O2. The number of ether oxygens (including phenoxy) is 1. The molecule has 7 heteroatoms. The van der Waals surface area contributed by atoms with Crippen LogP contribution in [0.15, 0.2) is 12.1 Å². The Kier molecular flexibility index (Phi) is 5.63. The normalized spacial score (nSPS) is 21.1. The van der Waals surface area contributed by atoms with Crippen molar-refractivity contribution in [2.24, 2.45) is 0 Å². The monoisotopic (exact) mass is 362 g/mol. The lowest BCUT2D eigenvalue weighted by molar-refractivity contribution is 0.0505. The van der Waals surface area contributed by atoms with E-state index in [-0.39, 0.29) is 22.1 Å². The van der Waals surface area contributed by atoms with Gasteiger partial charge in [-0.1, -0.05) is 23.2 Å². The Morgan fingerprint density at radius 1 is 1.22 bits per heavy atom. The number of rotatable bonds is 3. The van der Waals surface area contributed by atoms with Crippen LogP contribution in [-0.2, 0) is 4.74 Å². The molecule has 0 radical (unpaired) electrons. The average Bonchev–Trinajstić information content (AvgIpc) is 2.78. The predicted molar refractivity (Wildman–Crippen MR) is 90.8 cm³/mol. The molecular weight excluding hydrogens is 342 g/mol. The van der Waals surface area contributed by atoms with Crippen molar-refractivity contribution in [3.05, 3.63) is 28.0 Å². The molecule has 1 aromatic rings. The highest BCUT2D eigenvalue weighted by Gasteiger charge is 2.28. The third-order valence-electron chi connectivity index (χ3n) is 3.51. The summed E-state index contributed by atoms with van der Waals surface area (Å²) in [5, 5.41) is 6.59. The van der Waals surface area contributed by atoms with Crippen molar-refractivity contribution in [2.45, 2.75) is 57.7 Å². The molecule has 23 heavy (non-hydrogen) atoms.